The topological polar surface area (TPSA) is 72.2 Å². The van der Waals surface area contributed by atoms with E-state index in [2.05, 4.69) is 21.2 Å². The summed E-state index contributed by atoms with van der Waals surface area (Å²) in [5.74, 6) is -0.246. The number of non-ortho nitro benzene ring substituents is 1. The Morgan fingerprint density at radius 3 is 2.27 bits per heavy atom. The molecule has 0 aliphatic carbocycles. The maximum absolute atomic E-state index is 12.2. The first-order valence-corrected chi connectivity index (χ1v) is 7.61. The molecule has 1 unspecified atom stereocenters. The van der Waals surface area contributed by atoms with Gasteiger partial charge in [-0.3, -0.25) is 14.9 Å². The van der Waals surface area contributed by atoms with Crippen molar-refractivity contribution in [1.29, 1.82) is 0 Å². The second kappa shape index (κ2) is 7.17. The molecule has 1 atom stereocenters. The highest BCUT2D eigenvalue weighted by Gasteiger charge is 2.15. The Kier molecular flexibility index (Phi) is 5.27. The standard InChI is InChI=1S/C16H15BrN2O3/c1-2-15(11-3-7-13(17)8-4-11)18-16(20)12-5-9-14(10-6-12)19(21)22/h3-10,15H,2H2,1H3,(H,18,20). The molecule has 1 N–H and O–H groups in total. The summed E-state index contributed by atoms with van der Waals surface area (Å²) in [6, 6.07) is 13.2. The van der Waals surface area contributed by atoms with E-state index < -0.39 is 4.92 Å². The molecule has 2 aromatic rings. The fourth-order valence-corrected chi connectivity index (χ4v) is 2.36. The molecule has 0 heterocycles. The zero-order valence-corrected chi connectivity index (χ0v) is 13.5. The van der Waals surface area contributed by atoms with E-state index in [0.29, 0.717) is 5.56 Å². The molecule has 0 aliphatic rings. The lowest BCUT2D eigenvalue weighted by molar-refractivity contribution is -0.384. The number of nitro benzene ring substituents is 1. The molecule has 0 saturated carbocycles. The third kappa shape index (κ3) is 3.92. The number of nitro groups is 1. The molecular formula is C16H15BrN2O3. The highest BCUT2D eigenvalue weighted by molar-refractivity contribution is 9.10. The van der Waals surface area contributed by atoms with E-state index in [1.165, 1.54) is 24.3 Å². The lowest BCUT2D eigenvalue weighted by Gasteiger charge is -2.17. The first-order valence-electron chi connectivity index (χ1n) is 6.82. The van der Waals surface area contributed by atoms with Gasteiger partial charge in [0.15, 0.2) is 0 Å². The van der Waals surface area contributed by atoms with Crippen LogP contribution in [0.3, 0.4) is 0 Å². The van der Waals surface area contributed by atoms with E-state index in [1.54, 1.807) is 0 Å². The average molecular weight is 363 g/mol. The minimum atomic E-state index is -0.488. The lowest BCUT2D eigenvalue weighted by atomic mass is 10.0. The second-order valence-corrected chi connectivity index (χ2v) is 5.71. The van der Waals surface area contributed by atoms with Gasteiger partial charge in [0.05, 0.1) is 11.0 Å². The molecule has 22 heavy (non-hydrogen) atoms. The highest BCUT2D eigenvalue weighted by Crippen LogP contribution is 2.20. The summed E-state index contributed by atoms with van der Waals surface area (Å²) in [5.41, 5.74) is 1.39. The largest absolute Gasteiger partial charge is 0.345 e. The van der Waals surface area contributed by atoms with Crippen molar-refractivity contribution in [1.82, 2.24) is 5.32 Å². The number of carbonyl (C=O) groups excluding carboxylic acids is 1. The Labute approximate surface area is 136 Å². The van der Waals surface area contributed by atoms with Gasteiger partial charge in [-0.25, -0.2) is 0 Å². The van der Waals surface area contributed by atoms with Crippen LogP contribution >= 0.6 is 15.9 Å². The number of amides is 1. The normalized spacial score (nSPS) is 11.7. The van der Waals surface area contributed by atoms with Crippen molar-refractivity contribution in [2.75, 3.05) is 0 Å². The van der Waals surface area contributed by atoms with Gasteiger partial charge in [0, 0.05) is 22.2 Å². The zero-order chi connectivity index (χ0) is 16.1. The molecule has 6 heteroatoms. The van der Waals surface area contributed by atoms with Crippen LogP contribution in [0.15, 0.2) is 53.0 Å². The van der Waals surface area contributed by atoms with Crippen molar-refractivity contribution < 1.29 is 9.72 Å². The van der Waals surface area contributed by atoms with Crippen LogP contribution in [0.2, 0.25) is 0 Å². The number of benzene rings is 2. The number of carbonyl (C=O) groups is 1. The molecule has 2 aromatic carbocycles. The number of hydrogen-bond donors (Lipinski definition) is 1. The van der Waals surface area contributed by atoms with Crippen molar-refractivity contribution in [3.8, 4) is 0 Å². The molecule has 0 aliphatic heterocycles. The molecule has 0 spiro atoms. The van der Waals surface area contributed by atoms with E-state index in [9.17, 15) is 14.9 Å². The van der Waals surface area contributed by atoms with Crippen LogP contribution in [-0.2, 0) is 0 Å². The van der Waals surface area contributed by atoms with Gasteiger partial charge in [0.2, 0.25) is 0 Å². The predicted molar refractivity (Wildman–Crippen MR) is 87.7 cm³/mol. The summed E-state index contributed by atoms with van der Waals surface area (Å²) in [7, 11) is 0. The number of rotatable bonds is 5. The summed E-state index contributed by atoms with van der Waals surface area (Å²) in [6.45, 7) is 1.99. The maximum Gasteiger partial charge on any atom is 0.269 e. The summed E-state index contributed by atoms with van der Waals surface area (Å²) >= 11 is 3.38. The van der Waals surface area contributed by atoms with Gasteiger partial charge in [0.1, 0.15) is 0 Å². The molecule has 0 aromatic heterocycles. The molecule has 2 rings (SSSR count). The van der Waals surface area contributed by atoms with Crippen molar-refractivity contribution in [2.24, 2.45) is 0 Å². The summed E-state index contributed by atoms with van der Waals surface area (Å²) in [5, 5.41) is 13.6. The van der Waals surface area contributed by atoms with E-state index >= 15 is 0 Å². The summed E-state index contributed by atoms with van der Waals surface area (Å²) < 4.78 is 0.979. The van der Waals surface area contributed by atoms with Crippen LogP contribution in [0, 0.1) is 10.1 Å². The Bertz CT molecular complexity index is 669. The molecule has 5 nitrogen and oxygen atoms in total. The first-order chi connectivity index (χ1) is 10.5. The van der Waals surface area contributed by atoms with E-state index in [0.717, 1.165) is 16.5 Å². The Morgan fingerprint density at radius 1 is 1.18 bits per heavy atom. The summed E-state index contributed by atoms with van der Waals surface area (Å²) in [4.78, 5) is 22.4. The quantitative estimate of drug-likeness (QED) is 0.638. The van der Waals surface area contributed by atoms with E-state index in [4.69, 9.17) is 0 Å². The van der Waals surface area contributed by atoms with Gasteiger partial charge >= 0.3 is 0 Å². The third-order valence-corrected chi connectivity index (χ3v) is 3.85. The minimum Gasteiger partial charge on any atom is -0.345 e. The number of nitrogens with zero attached hydrogens (tertiary/aromatic N) is 1. The van der Waals surface area contributed by atoms with Gasteiger partial charge < -0.3 is 5.32 Å². The van der Waals surface area contributed by atoms with Crippen molar-refractivity contribution >= 4 is 27.5 Å². The van der Waals surface area contributed by atoms with Crippen LogP contribution in [0.1, 0.15) is 35.3 Å². The molecule has 0 radical (unpaired) electrons. The number of nitrogens with one attached hydrogen (secondary N) is 1. The number of hydrogen-bond acceptors (Lipinski definition) is 3. The van der Waals surface area contributed by atoms with Crippen LogP contribution in [0.4, 0.5) is 5.69 Å². The average Bonchev–Trinajstić information content (AvgIpc) is 2.53. The Balaban J connectivity index is 2.11. The summed E-state index contributed by atoms with van der Waals surface area (Å²) in [6.07, 6.45) is 0.750. The van der Waals surface area contributed by atoms with Gasteiger partial charge in [-0.2, -0.15) is 0 Å². The fraction of sp³-hybridized carbons (Fsp3) is 0.188. The highest BCUT2D eigenvalue weighted by atomic mass is 79.9. The van der Waals surface area contributed by atoms with Crippen LogP contribution in [0.5, 0.6) is 0 Å². The van der Waals surface area contributed by atoms with Crippen molar-refractivity contribution in [2.45, 2.75) is 19.4 Å². The van der Waals surface area contributed by atoms with E-state index in [-0.39, 0.29) is 17.6 Å². The SMILES string of the molecule is CCC(NC(=O)c1ccc([N+](=O)[O-])cc1)c1ccc(Br)cc1. The first kappa shape index (κ1) is 16.2. The molecule has 1 amide bonds. The molecule has 0 fully saturated rings. The molecular weight excluding hydrogens is 348 g/mol. The van der Waals surface area contributed by atoms with E-state index in [1.807, 2.05) is 31.2 Å². The minimum absolute atomic E-state index is 0.0310. The lowest BCUT2D eigenvalue weighted by Crippen LogP contribution is -2.28. The smallest absolute Gasteiger partial charge is 0.269 e. The monoisotopic (exact) mass is 362 g/mol. The van der Waals surface area contributed by atoms with Crippen LogP contribution in [-0.4, -0.2) is 10.8 Å². The third-order valence-electron chi connectivity index (χ3n) is 3.33. The maximum atomic E-state index is 12.2. The van der Waals surface area contributed by atoms with Gasteiger partial charge in [-0.1, -0.05) is 35.0 Å². The van der Waals surface area contributed by atoms with Gasteiger partial charge in [-0.15, -0.1) is 0 Å². The van der Waals surface area contributed by atoms with Gasteiger partial charge in [0.25, 0.3) is 11.6 Å². The molecule has 114 valence electrons. The Hall–Kier alpha value is -2.21. The number of halogens is 1. The molecule has 0 saturated heterocycles. The van der Waals surface area contributed by atoms with Crippen molar-refractivity contribution in [3.05, 3.63) is 74.2 Å². The van der Waals surface area contributed by atoms with Crippen LogP contribution < -0.4 is 5.32 Å². The van der Waals surface area contributed by atoms with Crippen LogP contribution in [0.25, 0.3) is 0 Å². The zero-order valence-electron chi connectivity index (χ0n) is 12.0. The molecule has 0 bridgehead atoms. The fourth-order valence-electron chi connectivity index (χ4n) is 2.09. The Morgan fingerprint density at radius 2 is 1.77 bits per heavy atom. The van der Waals surface area contributed by atoms with Crippen molar-refractivity contribution in [3.63, 3.8) is 0 Å². The van der Waals surface area contributed by atoms with Gasteiger partial charge in [-0.05, 0) is 36.2 Å². The predicted octanol–water partition coefficient (Wildman–Crippen LogP) is 4.24. The second-order valence-electron chi connectivity index (χ2n) is 4.79.